The van der Waals surface area contributed by atoms with E-state index >= 15 is 0 Å². The molecule has 0 bridgehead atoms. The van der Waals surface area contributed by atoms with E-state index in [-0.39, 0.29) is 30.1 Å². The largest absolute Gasteiger partial charge is 0.726 e. The Bertz CT molecular complexity index is 4090. The fourth-order valence-electron chi connectivity index (χ4n) is 15.7. The van der Waals surface area contributed by atoms with Gasteiger partial charge in [0.25, 0.3) is 0 Å². The van der Waals surface area contributed by atoms with Crippen molar-refractivity contribution in [1.29, 1.82) is 0 Å². The zero-order valence-electron chi connectivity index (χ0n) is 52.7. The highest BCUT2D eigenvalue weighted by Crippen LogP contribution is 2.69. The van der Waals surface area contributed by atoms with Crippen LogP contribution in [0.4, 0.5) is 0 Å². The van der Waals surface area contributed by atoms with Gasteiger partial charge < -0.3 is 73.9 Å². The van der Waals surface area contributed by atoms with Crippen LogP contribution in [-0.4, -0.2) is 248 Å². The summed E-state index contributed by atoms with van der Waals surface area (Å²) >= 11 is 0. The number of fused-ring (bicyclic) bond motifs is 5. The zero-order chi connectivity index (χ0) is 76.2. The summed E-state index contributed by atoms with van der Waals surface area (Å²) in [5.74, 6) is 2.13. The Balaban J connectivity index is 1.31. The molecule has 0 unspecified atom stereocenters. The average molecular weight is 1670 g/mol. The normalized spacial score (nSPS) is 37.8. The molecule has 24 atom stereocenters. The lowest BCUT2D eigenvalue weighted by molar-refractivity contribution is -0.371. The van der Waals surface area contributed by atoms with Crippen molar-refractivity contribution in [2.24, 2.45) is 52.3 Å². The molecule has 56 heteroatoms. The fraction of sp³-hybridized carbons (Fsp3) is 1.00. The second-order valence-corrected chi connectivity index (χ2v) is 36.1. The quantitative estimate of drug-likeness (QED) is 0.0335. The van der Waals surface area contributed by atoms with Crippen molar-refractivity contribution in [3.05, 3.63) is 0 Å². The van der Waals surface area contributed by atoms with E-state index in [2.05, 4.69) is 76.4 Å². The molecule has 7 aliphatic rings. The van der Waals surface area contributed by atoms with E-state index in [1.54, 1.807) is 0 Å². The molecule has 4 aliphatic carbocycles. The van der Waals surface area contributed by atoms with E-state index in [1.807, 2.05) is 0 Å². The maximum Gasteiger partial charge on any atom is 0.218 e. The molecule has 4 saturated carbocycles. The van der Waals surface area contributed by atoms with E-state index in [1.165, 1.54) is 0 Å². The molecule has 46 nitrogen and oxygen atoms in total. The van der Waals surface area contributed by atoms with Crippen molar-refractivity contribution < 1.29 is 200 Å². The maximum absolute atomic E-state index is 12.8. The molecular formula is C45H68O46S10-10. The third kappa shape index (κ3) is 25.0. The predicted octanol–water partition coefficient (Wildman–Crippen LogP) is -4.21. The fourth-order valence-corrected chi connectivity index (χ4v) is 20.0. The van der Waals surface area contributed by atoms with Gasteiger partial charge in [0.1, 0.15) is 54.9 Å². The van der Waals surface area contributed by atoms with Gasteiger partial charge in [-0.05, 0) is 110 Å². The minimum absolute atomic E-state index is 0.0178. The molecule has 3 aliphatic heterocycles. The first-order valence-corrected chi connectivity index (χ1v) is 43.2. The smallest absolute Gasteiger partial charge is 0.218 e. The van der Waals surface area contributed by atoms with Gasteiger partial charge in [0.15, 0.2) is 37.2 Å². The standard InChI is InChI=1S/C45H78O46S10/c1-21(2)7-6-8-22(3)26-11-12-27-25-10-9-23-17-24(13-15-44(23,4)28(25)14-16-45(26,27)5)79-41-38(89-99(67,68)69)35(86-96(58,59)60)32(29(80-41)18-76-92(46,47)48)83-42-39(90-100(70,71)72)36(87-97(61,62)63)33(30(81-42)19-77-93(49,50)51)84-43-40(91-101(73,74)75)37(88-98(64,65)66)34(85-95(55,56)57)31(82-43)20-78-94(52,53)54/h21-43H,6-20H2,1-5H3,(H,46,47,48)(H,49,50,51)(H,52,53,54)(H,55,56,57)(H,58,59,60)(H,61,62,63)(H,64,65,66)(H,67,68,69)(H,70,71,72)(H,73,74,75)/p-10/t22-,23+,24+,25+,26-,27+,28+,29-,30-,31-,32-,33-,34-,35+,36+,37+,38-,39-,40-,41-,42+,43+,44+,45-/m1/s1. The first-order valence-electron chi connectivity index (χ1n) is 29.9. The predicted molar refractivity (Wildman–Crippen MR) is 303 cm³/mol. The minimum atomic E-state index is -6.88. The van der Waals surface area contributed by atoms with Crippen molar-refractivity contribution in [1.82, 2.24) is 0 Å². The van der Waals surface area contributed by atoms with Gasteiger partial charge in [-0.3, -0.25) is 41.8 Å². The van der Waals surface area contributed by atoms with Crippen LogP contribution in [0.3, 0.4) is 0 Å². The van der Waals surface area contributed by atoms with Crippen molar-refractivity contribution in [3.8, 4) is 0 Å². The minimum Gasteiger partial charge on any atom is -0.726 e. The monoisotopic (exact) mass is 1660 g/mol. The summed E-state index contributed by atoms with van der Waals surface area (Å²) in [5, 5.41) is 0. The van der Waals surface area contributed by atoms with E-state index in [0.29, 0.717) is 42.4 Å². The summed E-state index contributed by atoms with van der Waals surface area (Å²) in [6.45, 7) is 4.61. The highest BCUT2D eigenvalue weighted by atomic mass is 32.3. The third-order valence-corrected chi connectivity index (χ3v) is 23.7. The van der Waals surface area contributed by atoms with Crippen LogP contribution in [0.15, 0.2) is 0 Å². The first-order chi connectivity index (χ1) is 45.7. The molecule has 0 amide bonds. The van der Waals surface area contributed by atoms with Crippen molar-refractivity contribution in [2.45, 2.75) is 210 Å². The lowest BCUT2D eigenvalue weighted by atomic mass is 9.44. The van der Waals surface area contributed by atoms with Crippen LogP contribution in [0.2, 0.25) is 0 Å². The maximum atomic E-state index is 12.8. The lowest BCUT2D eigenvalue weighted by Crippen LogP contribution is -2.69. The molecule has 7 fully saturated rings. The van der Waals surface area contributed by atoms with Gasteiger partial charge in [-0.15, -0.1) is 0 Å². The molecule has 0 aromatic heterocycles. The van der Waals surface area contributed by atoms with E-state index < -0.39 is 227 Å². The Hall–Kier alpha value is -1.54. The van der Waals surface area contributed by atoms with Crippen molar-refractivity contribution >= 4 is 104 Å². The average Bonchev–Trinajstić information content (AvgIpc) is 1.69. The van der Waals surface area contributed by atoms with Gasteiger partial charge in [0.2, 0.25) is 104 Å². The van der Waals surface area contributed by atoms with Gasteiger partial charge in [-0.1, -0.05) is 53.9 Å². The molecule has 101 heavy (non-hydrogen) atoms. The summed E-state index contributed by atoms with van der Waals surface area (Å²) in [6.07, 6.45) is -44.0. The summed E-state index contributed by atoms with van der Waals surface area (Å²) in [5.41, 5.74) is -0.351. The Morgan fingerprint density at radius 2 is 0.703 bits per heavy atom. The van der Waals surface area contributed by atoms with Crippen LogP contribution in [0.5, 0.6) is 0 Å². The summed E-state index contributed by atoms with van der Waals surface area (Å²) in [6, 6.07) is 0. The van der Waals surface area contributed by atoms with Crippen LogP contribution in [0.25, 0.3) is 0 Å². The number of rotatable bonds is 34. The SMILES string of the molecule is CC(C)CCC[C@@H](C)[C@H]1CC[C@H]2[C@@H]3CC[C@H]4C[C@@H](O[C@@H]5O[C@H](COS(=O)(=O)[O-])[C@@H](O[C@@H]6O[C@H](COS(=O)(=O)[O-])[C@@H](O[C@@H]7O[C@H](COS(=O)(=O)[O-])[C@@H](OS(=O)(=O)[O-])[C@H](OS(=O)(=O)[O-])[C@H]7OS(=O)(=O)[O-])[C@H](OS(=O)(=O)[O-])[C@H]6OS(=O)(=O)[O-])[C@H](OS(=O)(=O)[O-])[C@H]5OS(=O)(=O)[O-])CC[C@]4(C)[C@H]3CC[C@]12C. The molecule has 3 heterocycles. The molecular weight excluding hydrogens is 1600 g/mol. The molecule has 0 aromatic rings. The summed E-state index contributed by atoms with van der Waals surface area (Å²) in [7, 11) is -65.4. The lowest BCUT2D eigenvalue weighted by Gasteiger charge is -2.61. The highest BCUT2D eigenvalue weighted by Gasteiger charge is 2.63. The molecule has 7 rings (SSSR count). The van der Waals surface area contributed by atoms with Gasteiger partial charge in [0.05, 0.1) is 25.9 Å². The van der Waals surface area contributed by atoms with Crippen molar-refractivity contribution in [3.63, 3.8) is 0 Å². The highest BCUT2D eigenvalue weighted by molar-refractivity contribution is 7.83. The third-order valence-electron chi connectivity index (χ3n) is 19.2. The van der Waals surface area contributed by atoms with Crippen LogP contribution >= 0.6 is 0 Å². The zero-order valence-corrected chi connectivity index (χ0v) is 60.9. The second-order valence-electron chi connectivity index (χ2n) is 25.9. The number of hydrogen-bond acceptors (Lipinski definition) is 46. The Morgan fingerprint density at radius 1 is 0.366 bits per heavy atom. The van der Waals surface area contributed by atoms with Gasteiger partial charge >= 0.3 is 0 Å². The molecule has 0 radical (unpaired) electrons. The van der Waals surface area contributed by atoms with Crippen LogP contribution < -0.4 is 0 Å². The Kier molecular flexibility index (Phi) is 27.6. The molecule has 0 aromatic carbocycles. The van der Waals surface area contributed by atoms with E-state index in [0.717, 1.165) is 51.4 Å². The van der Waals surface area contributed by atoms with Gasteiger partial charge in [-0.25, -0.2) is 84.2 Å². The molecule has 3 saturated heterocycles. The van der Waals surface area contributed by atoms with Crippen LogP contribution in [-0.2, 0) is 174 Å². The van der Waals surface area contributed by atoms with Gasteiger partial charge in [0, 0.05) is 0 Å². The van der Waals surface area contributed by atoms with Gasteiger partial charge in [-0.2, -0.15) is 0 Å². The van der Waals surface area contributed by atoms with E-state index in [4.69, 9.17) is 28.4 Å². The van der Waals surface area contributed by atoms with Crippen molar-refractivity contribution in [2.75, 3.05) is 19.8 Å². The molecule has 594 valence electrons. The number of hydrogen-bond donors (Lipinski definition) is 0. The van der Waals surface area contributed by atoms with Crippen LogP contribution in [0, 0.1) is 52.3 Å². The van der Waals surface area contributed by atoms with Crippen LogP contribution in [0.1, 0.15) is 112 Å². The second kappa shape index (κ2) is 32.2. The Labute approximate surface area is 582 Å². The number of ether oxygens (including phenoxy) is 6. The summed E-state index contributed by atoms with van der Waals surface area (Å²) < 4.78 is 444. The topological polar surface area (TPSA) is 720 Å². The molecule has 0 N–H and O–H groups in total. The van der Waals surface area contributed by atoms with E-state index in [9.17, 15) is 130 Å². The Morgan fingerprint density at radius 3 is 1.08 bits per heavy atom. The first kappa shape index (κ1) is 86.7. The summed E-state index contributed by atoms with van der Waals surface area (Å²) in [4.78, 5) is 0. The molecule has 0 spiro atoms.